The highest BCUT2D eigenvalue weighted by molar-refractivity contribution is 9.11. The van der Waals surface area contributed by atoms with Crippen molar-refractivity contribution in [2.75, 3.05) is 13.2 Å². The summed E-state index contributed by atoms with van der Waals surface area (Å²) in [5.41, 5.74) is 0.0662. The third-order valence-corrected chi connectivity index (χ3v) is 4.83. The van der Waals surface area contributed by atoms with E-state index >= 15 is 0 Å². The molecule has 0 aliphatic heterocycles. The summed E-state index contributed by atoms with van der Waals surface area (Å²) < 4.78 is 11.0. The summed E-state index contributed by atoms with van der Waals surface area (Å²) in [5, 5.41) is 11.5. The van der Waals surface area contributed by atoms with Gasteiger partial charge in [-0.2, -0.15) is 0 Å². The third-order valence-electron chi connectivity index (χ3n) is 3.22. The summed E-state index contributed by atoms with van der Waals surface area (Å²) >= 11 is 4.86. The Morgan fingerprint density at radius 3 is 2.62 bits per heavy atom. The van der Waals surface area contributed by atoms with Crippen molar-refractivity contribution in [3.63, 3.8) is 0 Å². The zero-order valence-corrected chi connectivity index (χ0v) is 18.0. The molecule has 0 spiro atoms. The van der Waals surface area contributed by atoms with Crippen molar-refractivity contribution in [3.8, 4) is 0 Å². The maximum atomic E-state index is 12.3. The molecule has 0 aromatic carbocycles. The number of aromatic nitrogens is 1. The maximum absolute atomic E-state index is 12.3. The van der Waals surface area contributed by atoms with E-state index in [-0.39, 0.29) is 19.6 Å². The second-order valence-electron chi connectivity index (χ2n) is 6.67. The number of aryl methyl sites for hydroxylation is 1. The average Bonchev–Trinajstić information content (AvgIpc) is 2.85. The van der Waals surface area contributed by atoms with Gasteiger partial charge in [-0.25, -0.2) is 14.6 Å². The zero-order chi connectivity index (χ0) is 19.7. The van der Waals surface area contributed by atoms with Gasteiger partial charge >= 0.3 is 12.1 Å². The standard InChI is InChI=1S/C17H27BrN2O5S/c1-5-24-14(22)12(20-16(23)25-17(2,3)4)10-11-13(8-6-7-9-21)26-15(18)19-11/h12,21H,5-10H2,1-4H3,(H,20,23)/t12-/m0/s1. The Bertz CT molecular complexity index is 600. The summed E-state index contributed by atoms with van der Waals surface area (Å²) in [4.78, 5) is 29.8. The van der Waals surface area contributed by atoms with E-state index in [0.717, 1.165) is 23.4 Å². The number of unbranched alkanes of at least 4 members (excludes halogenated alkanes) is 1. The summed E-state index contributed by atoms with van der Waals surface area (Å²) in [5.74, 6) is -0.524. The van der Waals surface area contributed by atoms with E-state index in [2.05, 4.69) is 26.2 Å². The molecule has 0 bridgehead atoms. The lowest BCUT2D eigenvalue weighted by Crippen LogP contribution is -2.45. The fourth-order valence-corrected chi connectivity index (χ4v) is 3.84. The minimum Gasteiger partial charge on any atom is -0.464 e. The van der Waals surface area contributed by atoms with Crippen LogP contribution in [0.2, 0.25) is 0 Å². The zero-order valence-electron chi connectivity index (χ0n) is 15.6. The predicted octanol–water partition coefficient (Wildman–Crippen LogP) is 3.22. The van der Waals surface area contributed by atoms with Crippen molar-refractivity contribution in [3.05, 3.63) is 14.5 Å². The second-order valence-corrected chi connectivity index (χ2v) is 9.03. The molecule has 7 nitrogen and oxygen atoms in total. The van der Waals surface area contributed by atoms with Gasteiger partial charge in [0.05, 0.1) is 12.3 Å². The molecular weight excluding hydrogens is 424 g/mol. The first kappa shape index (κ1) is 22.9. The molecule has 1 heterocycles. The van der Waals surface area contributed by atoms with Crippen LogP contribution in [-0.4, -0.2) is 47.0 Å². The van der Waals surface area contributed by atoms with Crippen LogP contribution >= 0.6 is 27.3 Å². The topological polar surface area (TPSA) is 97.8 Å². The summed E-state index contributed by atoms with van der Waals surface area (Å²) in [6.07, 6.45) is 1.82. The van der Waals surface area contributed by atoms with Crippen LogP contribution < -0.4 is 5.32 Å². The summed E-state index contributed by atoms with van der Waals surface area (Å²) in [6.45, 7) is 7.33. The Morgan fingerprint density at radius 1 is 1.35 bits per heavy atom. The molecule has 0 saturated heterocycles. The molecule has 1 aromatic rings. The van der Waals surface area contributed by atoms with Crippen molar-refractivity contribution in [2.24, 2.45) is 0 Å². The van der Waals surface area contributed by atoms with Crippen LogP contribution in [0.4, 0.5) is 4.79 Å². The molecule has 0 unspecified atom stereocenters. The number of ether oxygens (including phenoxy) is 2. The fraction of sp³-hybridized carbons (Fsp3) is 0.706. The molecule has 1 rings (SSSR count). The maximum Gasteiger partial charge on any atom is 0.408 e. The minimum absolute atomic E-state index is 0.140. The van der Waals surface area contributed by atoms with Crippen LogP contribution in [0.1, 0.15) is 51.1 Å². The number of aliphatic hydroxyl groups excluding tert-OH is 1. The van der Waals surface area contributed by atoms with Crippen LogP contribution in [-0.2, 0) is 27.1 Å². The highest BCUT2D eigenvalue weighted by atomic mass is 79.9. The van der Waals surface area contributed by atoms with Gasteiger partial charge < -0.3 is 19.9 Å². The Hall–Kier alpha value is -1.19. The van der Waals surface area contributed by atoms with E-state index in [9.17, 15) is 9.59 Å². The molecule has 0 aliphatic carbocycles. The first-order chi connectivity index (χ1) is 12.2. The normalized spacial score (nSPS) is 12.5. The van der Waals surface area contributed by atoms with E-state index in [1.165, 1.54) is 11.3 Å². The Morgan fingerprint density at radius 2 is 2.04 bits per heavy atom. The van der Waals surface area contributed by atoms with E-state index in [1.54, 1.807) is 27.7 Å². The molecule has 0 fully saturated rings. The molecule has 0 saturated carbocycles. The molecule has 1 amide bonds. The van der Waals surface area contributed by atoms with Gasteiger partial charge in [-0.15, -0.1) is 11.3 Å². The largest absolute Gasteiger partial charge is 0.464 e. The van der Waals surface area contributed by atoms with Gasteiger partial charge in [0.2, 0.25) is 0 Å². The van der Waals surface area contributed by atoms with Gasteiger partial charge in [-0.3, -0.25) is 0 Å². The monoisotopic (exact) mass is 450 g/mol. The number of nitrogens with zero attached hydrogens (tertiary/aromatic N) is 1. The quantitative estimate of drug-likeness (QED) is 0.442. The van der Waals surface area contributed by atoms with E-state index in [1.807, 2.05) is 0 Å². The molecule has 0 radical (unpaired) electrons. The molecule has 9 heteroatoms. The Labute approximate surface area is 166 Å². The lowest BCUT2D eigenvalue weighted by Gasteiger charge is -2.22. The van der Waals surface area contributed by atoms with Crippen molar-refractivity contribution in [2.45, 2.75) is 65.0 Å². The summed E-state index contributed by atoms with van der Waals surface area (Å²) in [6, 6.07) is -0.879. The molecule has 1 aromatic heterocycles. The van der Waals surface area contributed by atoms with Crippen LogP contribution in [0.15, 0.2) is 3.92 Å². The number of rotatable bonds is 9. The molecule has 0 aliphatic rings. The SMILES string of the molecule is CCOC(=O)[C@H](Cc1nc(Br)sc1CCCCO)NC(=O)OC(C)(C)C. The number of aliphatic hydroxyl groups is 1. The Balaban J connectivity index is 2.88. The number of carbonyl (C=O) groups excluding carboxylic acids is 2. The van der Waals surface area contributed by atoms with E-state index in [4.69, 9.17) is 14.6 Å². The van der Waals surface area contributed by atoms with E-state index in [0.29, 0.717) is 10.3 Å². The highest BCUT2D eigenvalue weighted by Crippen LogP contribution is 2.26. The number of carbonyl (C=O) groups is 2. The van der Waals surface area contributed by atoms with Gasteiger partial charge in [0.15, 0.2) is 3.92 Å². The molecule has 1 atom stereocenters. The number of amides is 1. The highest BCUT2D eigenvalue weighted by Gasteiger charge is 2.27. The molecule has 148 valence electrons. The first-order valence-electron chi connectivity index (χ1n) is 8.57. The van der Waals surface area contributed by atoms with Crippen LogP contribution in [0.25, 0.3) is 0 Å². The van der Waals surface area contributed by atoms with Crippen LogP contribution in [0, 0.1) is 0 Å². The fourth-order valence-electron chi connectivity index (χ4n) is 2.18. The number of hydrogen-bond donors (Lipinski definition) is 2. The third kappa shape index (κ3) is 8.46. The number of esters is 1. The Kier molecular flexibility index (Phi) is 9.52. The van der Waals surface area contributed by atoms with Crippen LogP contribution in [0.5, 0.6) is 0 Å². The van der Waals surface area contributed by atoms with Crippen molar-refractivity contribution >= 4 is 39.3 Å². The second kappa shape index (κ2) is 10.8. The lowest BCUT2D eigenvalue weighted by molar-refractivity contribution is -0.145. The number of thiazole rings is 1. The van der Waals surface area contributed by atoms with Gasteiger partial charge in [0.25, 0.3) is 0 Å². The minimum atomic E-state index is -0.879. The molecule has 2 N–H and O–H groups in total. The number of hydrogen-bond acceptors (Lipinski definition) is 7. The van der Waals surface area contributed by atoms with Crippen molar-refractivity contribution in [1.29, 1.82) is 0 Å². The van der Waals surface area contributed by atoms with Crippen molar-refractivity contribution < 1.29 is 24.2 Å². The van der Waals surface area contributed by atoms with Gasteiger partial charge in [0, 0.05) is 17.9 Å². The van der Waals surface area contributed by atoms with Crippen molar-refractivity contribution in [1.82, 2.24) is 10.3 Å². The smallest absolute Gasteiger partial charge is 0.408 e. The number of alkyl carbamates (subject to hydrolysis) is 1. The molecular formula is C17H27BrN2O5S. The lowest BCUT2D eigenvalue weighted by atomic mass is 10.1. The predicted molar refractivity (Wildman–Crippen MR) is 103 cm³/mol. The summed E-state index contributed by atoms with van der Waals surface area (Å²) in [7, 11) is 0. The first-order valence-corrected chi connectivity index (χ1v) is 10.2. The van der Waals surface area contributed by atoms with Gasteiger partial charge in [-0.1, -0.05) is 0 Å². The van der Waals surface area contributed by atoms with E-state index < -0.39 is 23.7 Å². The number of nitrogens with one attached hydrogen (secondary N) is 1. The van der Waals surface area contributed by atoms with Gasteiger partial charge in [-0.05, 0) is 62.9 Å². The number of halogens is 1. The van der Waals surface area contributed by atoms with Gasteiger partial charge in [0.1, 0.15) is 11.6 Å². The molecule has 26 heavy (non-hydrogen) atoms. The van der Waals surface area contributed by atoms with Crippen LogP contribution in [0.3, 0.4) is 0 Å². The average molecular weight is 451 g/mol.